The number of nitrogens with one attached hydrogen (secondary N) is 1. The first-order valence-electron chi connectivity index (χ1n) is 7.81. The van der Waals surface area contributed by atoms with Gasteiger partial charge in [-0.15, -0.1) is 0 Å². The molecular weight excluding hydrogens is 226 g/mol. The van der Waals surface area contributed by atoms with Gasteiger partial charge in [-0.3, -0.25) is 0 Å². The summed E-state index contributed by atoms with van der Waals surface area (Å²) in [6.07, 6.45) is 11.1. The Morgan fingerprint density at radius 1 is 1.17 bits per heavy atom. The van der Waals surface area contributed by atoms with Crippen LogP contribution in [0.15, 0.2) is 0 Å². The fourth-order valence-corrected chi connectivity index (χ4v) is 3.04. The average molecular weight is 255 g/mol. The van der Waals surface area contributed by atoms with Crippen LogP contribution in [-0.2, 0) is 9.47 Å². The van der Waals surface area contributed by atoms with E-state index in [2.05, 4.69) is 12.2 Å². The third-order valence-electron chi connectivity index (χ3n) is 4.15. The van der Waals surface area contributed by atoms with Gasteiger partial charge in [-0.2, -0.15) is 0 Å². The monoisotopic (exact) mass is 255 g/mol. The molecule has 0 amide bonds. The van der Waals surface area contributed by atoms with Crippen molar-refractivity contribution in [3.8, 4) is 0 Å². The second-order valence-corrected chi connectivity index (χ2v) is 5.84. The molecule has 1 aliphatic carbocycles. The van der Waals surface area contributed by atoms with Crippen LogP contribution in [0.3, 0.4) is 0 Å². The van der Waals surface area contributed by atoms with Gasteiger partial charge in [0.15, 0.2) is 0 Å². The quantitative estimate of drug-likeness (QED) is 0.740. The smallest absolute Gasteiger partial charge is 0.0575 e. The molecule has 0 aromatic rings. The predicted molar refractivity (Wildman–Crippen MR) is 73.9 cm³/mol. The molecule has 0 spiro atoms. The predicted octanol–water partition coefficient (Wildman–Crippen LogP) is 2.88. The van der Waals surface area contributed by atoms with Crippen LogP contribution in [0, 0.1) is 0 Å². The molecule has 0 aromatic heterocycles. The van der Waals surface area contributed by atoms with Gasteiger partial charge in [0, 0.05) is 19.3 Å². The summed E-state index contributed by atoms with van der Waals surface area (Å²) < 4.78 is 11.5. The summed E-state index contributed by atoms with van der Waals surface area (Å²) in [6.45, 7) is 5.10. The zero-order valence-corrected chi connectivity index (χ0v) is 11.8. The van der Waals surface area contributed by atoms with Crippen LogP contribution in [0.4, 0.5) is 0 Å². The van der Waals surface area contributed by atoms with E-state index in [1.807, 2.05) is 0 Å². The second-order valence-electron chi connectivity index (χ2n) is 5.84. The Hall–Kier alpha value is -0.120. The standard InChI is InChI=1S/C15H29NO2/c1-13-12-14(8-11-17-13)16-9-5-10-18-15-6-3-2-4-7-15/h13-16H,2-12H2,1H3. The van der Waals surface area contributed by atoms with E-state index in [9.17, 15) is 0 Å². The molecule has 106 valence electrons. The van der Waals surface area contributed by atoms with Gasteiger partial charge in [-0.25, -0.2) is 0 Å². The van der Waals surface area contributed by atoms with Crippen LogP contribution in [0.25, 0.3) is 0 Å². The lowest BCUT2D eigenvalue weighted by Crippen LogP contribution is -2.38. The van der Waals surface area contributed by atoms with Crippen molar-refractivity contribution in [2.75, 3.05) is 19.8 Å². The summed E-state index contributed by atoms with van der Waals surface area (Å²) in [5.41, 5.74) is 0. The van der Waals surface area contributed by atoms with Crippen LogP contribution < -0.4 is 5.32 Å². The normalized spacial score (nSPS) is 30.5. The van der Waals surface area contributed by atoms with Crippen LogP contribution in [0.1, 0.15) is 58.3 Å². The molecule has 3 heteroatoms. The van der Waals surface area contributed by atoms with Gasteiger partial charge in [-0.1, -0.05) is 19.3 Å². The molecule has 0 radical (unpaired) electrons. The molecular formula is C15H29NO2. The van der Waals surface area contributed by atoms with Gasteiger partial charge in [0.25, 0.3) is 0 Å². The first-order valence-corrected chi connectivity index (χ1v) is 7.81. The minimum Gasteiger partial charge on any atom is -0.378 e. The van der Waals surface area contributed by atoms with Gasteiger partial charge in [0.2, 0.25) is 0 Å². The third kappa shape index (κ3) is 5.25. The first-order chi connectivity index (χ1) is 8.84. The number of rotatable bonds is 6. The zero-order valence-electron chi connectivity index (χ0n) is 11.8. The number of ether oxygens (including phenoxy) is 2. The zero-order chi connectivity index (χ0) is 12.6. The Morgan fingerprint density at radius 3 is 2.78 bits per heavy atom. The minimum absolute atomic E-state index is 0.426. The molecule has 2 unspecified atom stereocenters. The second kappa shape index (κ2) is 8.13. The fourth-order valence-electron chi connectivity index (χ4n) is 3.04. The third-order valence-corrected chi connectivity index (χ3v) is 4.15. The Bertz CT molecular complexity index is 217. The van der Waals surface area contributed by atoms with Gasteiger partial charge in [0.05, 0.1) is 12.2 Å². The molecule has 1 heterocycles. The largest absolute Gasteiger partial charge is 0.378 e. The van der Waals surface area contributed by atoms with E-state index in [4.69, 9.17) is 9.47 Å². The van der Waals surface area contributed by atoms with Crippen molar-refractivity contribution in [1.82, 2.24) is 5.32 Å². The maximum Gasteiger partial charge on any atom is 0.0575 e. The van der Waals surface area contributed by atoms with E-state index in [0.29, 0.717) is 18.2 Å². The maximum absolute atomic E-state index is 5.93. The van der Waals surface area contributed by atoms with E-state index in [1.165, 1.54) is 32.1 Å². The van der Waals surface area contributed by atoms with E-state index in [0.717, 1.165) is 39.0 Å². The van der Waals surface area contributed by atoms with E-state index >= 15 is 0 Å². The average Bonchev–Trinajstić information content (AvgIpc) is 2.40. The highest BCUT2D eigenvalue weighted by Gasteiger charge is 2.18. The molecule has 1 N–H and O–H groups in total. The molecule has 2 aliphatic rings. The van der Waals surface area contributed by atoms with Crippen molar-refractivity contribution in [3.05, 3.63) is 0 Å². The van der Waals surface area contributed by atoms with Crippen molar-refractivity contribution < 1.29 is 9.47 Å². The summed E-state index contributed by atoms with van der Waals surface area (Å²) in [7, 11) is 0. The molecule has 1 saturated carbocycles. The van der Waals surface area contributed by atoms with Gasteiger partial charge in [0.1, 0.15) is 0 Å². The summed E-state index contributed by atoms with van der Waals surface area (Å²) >= 11 is 0. The van der Waals surface area contributed by atoms with Gasteiger partial charge < -0.3 is 14.8 Å². The van der Waals surface area contributed by atoms with Crippen molar-refractivity contribution in [2.45, 2.75) is 76.5 Å². The lowest BCUT2D eigenvalue weighted by molar-refractivity contribution is 0.0106. The molecule has 2 fully saturated rings. The maximum atomic E-state index is 5.93. The Morgan fingerprint density at radius 2 is 2.00 bits per heavy atom. The molecule has 0 aromatic carbocycles. The van der Waals surface area contributed by atoms with Crippen molar-refractivity contribution in [2.24, 2.45) is 0 Å². The van der Waals surface area contributed by atoms with Crippen LogP contribution in [0.5, 0.6) is 0 Å². The van der Waals surface area contributed by atoms with Crippen molar-refractivity contribution in [3.63, 3.8) is 0 Å². The first kappa shape index (κ1) is 14.3. The van der Waals surface area contributed by atoms with Crippen molar-refractivity contribution in [1.29, 1.82) is 0 Å². The van der Waals surface area contributed by atoms with Gasteiger partial charge >= 0.3 is 0 Å². The summed E-state index contributed by atoms with van der Waals surface area (Å²) in [5.74, 6) is 0. The number of hydrogen-bond donors (Lipinski definition) is 1. The highest BCUT2D eigenvalue weighted by Crippen LogP contribution is 2.20. The molecule has 3 nitrogen and oxygen atoms in total. The van der Waals surface area contributed by atoms with E-state index in [1.54, 1.807) is 0 Å². The molecule has 1 aliphatic heterocycles. The van der Waals surface area contributed by atoms with E-state index in [-0.39, 0.29) is 0 Å². The number of hydrogen-bond acceptors (Lipinski definition) is 3. The van der Waals surface area contributed by atoms with Crippen LogP contribution in [-0.4, -0.2) is 38.0 Å². The summed E-state index contributed by atoms with van der Waals surface area (Å²) in [4.78, 5) is 0. The molecule has 1 saturated heterocycles. The van der Waals surface area contributed by atoms with Crippen LogP contribution in [0.2, 0.25) is 0 Å². The Labute approximate surface area is 112 Å². The lowest BCUT2D eigenvalue weighted by Gasteiger charge is -2.28. The molecule has 2 atom stereocenters. The molecule has 18 heavy (non-hydrogen) atoms. The molecule has 2 rings (SSSR count). The molecule has 0 bridgehead atoms. The Balaban J connectivity index is 1.45. The van der Waals surface area contributed by atoms with Gasteiger partial charge in [-0.05, 0) is 45.6 Å². The summed E-state index contributed by atoms with van der Waals surface area (Å²) in [6, 6.07) is 0.656. The van der Waals surface area contributed by atoms with Crippen molar-refractivity contribution >= 4 is 0 Å². The van der Waals surface area contributed by atoms with Crippen LogP contribution >= 0.6 is 0 Å². The van der Waals surface area contributed by atoms with E-state index < -0.39 is 0 Å². The minimum atomic E-state index is 0.426. The fraction of sp³-hybridized carbons (Fsp3) is 1.00. The summed E-state index contributed by atoms with van der Waals surface area (Å²) in [5, 5.41) is 3.63. The SMILES string of the molecule is CC1CC(NCCCOC2CCCCC2)CCO1. The topological polar surface area (TPSA) is 30.5 Å². The Kier molecular flexibility index (Phi) is 6.46. The highest BCUT2D eigenvalue weighted by atomic mass is 16.5. The lowest BCUT2D eigenvalue weighted by atomic mass is 9.98. The highest BCUT2D eigenvalue weighted by molar-refractivity contribution is 4.74.